The number of benzene rings is 1. The maximum absolute atomic E-state index is 11.6. The summed E-state index contributed by atoms with van der Waals surface area (Å²) in [5.41, 5.74) is 0.937. The van der Waals surface area contributed by atoms with E-state index in [4.69, 9.17) is 11.6 Å². The number of halogens is 1. The molecule has 0 saturated heterocycles. The summed E-state index contributed by atoms with van der Waals surface area (Å²) in [4.78, 5) is 0.380. The van der Waals surface area contributed by atoms with E-state index in [0.29, 0.717) is 4.90 Å². The molecule has 0 aliphatic rings. The summed E-state index contributed by atoms with van der Waals surface area (Å²) in [7, 11) is -3.10. The van der Waals surface area contributed by atoms with Crippen LogP contribution >= 0.6 is 11.6 Å². The zero-order valence-electron chi connectivity index (χ0n) is 10.8. The molecule has 1 rings (SSSR count). The highest BCUT2D eigenvalue weighted by atomic mass is 35.5. The molecule has 0 aromatic heterocycles. The second kappa shape index (κ2) is 7.00. The van der Waals surface area contributed by atoms with Crippen LogP contribution in [-0.2, 0) is 9.84 Å². The third kappa shape index (κ3) is 4.86. The lowest BCUT2D eigenvalue weighted by Gasteiger charge is -2.08. The number of anilines is 1. The summed E-state index contributed by atoms with van der Waals surface area (Å²) in [6.45, 7) is 4.47. The van der Waals surface area contributed by atoms with E-state index in [9.17, 15) is 8.42 Å². The second-order valence-electron chi connectivity index (χ2n) is 4.28. The minimum atomic E-state index is -3.10. The number of rotatable bonds is 7. The first-order chi connectivity index (χ1) is 8.45. The Labute approximate surface area is 114 Å². The van der Waals surface area contributed by atoms with E-state index >= 15 is 0 Å². The van der Waals surface area contributed by atoms with Gasteiger partial charge in [-0.3, -0.25) is 0 Å². The summed E-state index contributed by atoms with van der Waals surface area (Å²) < 4.78 is 23.2. The highest BCUT2D eigenvalue weighted by molar-refractivity contribution is 7.91. The van der Waals surface area contributed by atoms with E-state index in [0.717, 1.165) is 25.1 Å². The lowest BCUT2D eigenvalue weighted by Crippen LogP contribution is -2.05. The zero-order valence-corrected chi connectivity index (χ0v) is 12.4. The molecule has 1 unspecified atom stereocenters. The van der Waals surface area contributed by atoms with Gasteiger partial charge in [0.2, 0.25) is 0 Å². The highest BCUT2D eigenvalue weighted by Crippen LogP contribution is 2.15. The lowest BCUT2D eigenvalue weighted by molar-refractivity contribution is 0.597. The fraction of sp³-hybridized carbons (Fsp3) is 0.538. The molecule has 0 fully saturated rings. The molecule has 1 atom stereocenters. The van der Waals surface area contributed by atoms with E-state index < -0.39 is 9.84 Å². The van der Waals surface area contributed by atoms with Crippen molar-refractivity contribution in [1.82, 2.24) is 0 Å². The van der Waals surface area contributed by atoms with Crippen molar-refractivity contribution in [3.63, 3.8) is 0 Å². The standard InChI is InChI=1S/C13H20ClNO2S/c1-3-18(16,17)13-8-6-12(7-9-13)15-10-4-5-11(2)14/h6-9,11,15H,3-5,10H2,1-2H3. The molecular weight excluding hydrogens is 270 g/mol. The van der Waals surface area contributed by atoms with E-state index in [-0.39, 0.29) is 11.1 Å². The van der Waals surface area contributed by atoms with Gasteiger partial charge in [0.15, 0.2) is 9.84 Å². The Morgan fingerprint density at radius 1 is 1.28 bits per heavy atom. The SMILES string of the molecule is CCS(=O)(=O)c1ccc(NCCCC(C)Cl)cc1. The molecule has 18 heavy (non-hydrogen) atoms. The van der Waals surface area contributed by atoms with E-state index in [2.05, 4.69) is 5.32 Å². The molecule has 0 spiro atoms. The van der Waals surface area contributed by atoms with Crippen molar-refractivity contribution in [2.24, 2.45) is 0 Å². The topological polar surface area (TPSA) is 46.2 Å². The summed E-state index contributed by atoms with van der Waals surface area (Å²) in [5.74, 6) is 0.132. The average molecular weight is 290 g/mol. The van der Waals surface area contributed by atoms with Crippen LogP contribution in [0.15, 0.2) is 29.2 Å². The van der Waals surface area contributed by atoms with E-state index in [1.165, 1.54) is 0 Å². The van der Waals surface area contributed by atoms with Crippen LogP contribution in [0.2, 0.25) is 0 Å². The molecule has 0 radical (unpaired) electrons. The van der Waals surface area contributed by atoms with Crippen LogP contribution in [0, 0.1) is 0 Å². The van der Waals surface area contributed by atoms with Crippen molar-refractivity contribution in [3.8, 4) is 0 Å². The Bertz CT molecular complexity index is 454. The maximum atomic E-state index is 11.6. The smallest absolute Gasteiger partial charge is 0.178 e. The van der Waals surface area contributed by atoms with Gasteiger partial charge in [0.25, 0.3) is 0 Å². The van der Waals surface area contributed by atoms with Gasteiger partial charge in [0.1, 0.15) is 0 Å². The van der Waals surface area contributed by atoms with Crippen LogP contribution in [0.5, 0.6) is 0 Å². The third-order valence-corrected chi connectivity index (χ3v) is 4.67. The van der Waals surface area contributed by atoms with Gasteiger partial charge < -0.3 is 5.32 Å². The number of hydrogen-bond donors (Lipinski definition) is 1. The van der Waals surface area contributed by atoms with Crippen LogP contribution in [0.4, 0.5) is 5.69 Å². The van der Waals surface area contributed by atoms with E-state index in [1.807, 2.05) is 6.92 Å². The Kier molecular flexibility index (Phi) is 5.96. The third-order valence-electron chi connectivity index (χ3n) is 2.70. The van der Waals surface area contributed by atoms with Gasteiger partial charge in [-0.05, 0) is 44.0 Å². The molecule has 0 amide bonds. The second-order valence-corrected chi connectivity index (χ2v) is 7.30. The first-order valence-corrected chi connectivity index (χ1v) is 8.25. The molecule has 1 N–H and O–H groups in total. The highest BCUT2D eigenvalue weighted by Gasteiger charge is 2.10. The van der Waals surface area contributed by atoms with Gasteiger partial charge in [-0.15, -0.1) is 11.6 Å². The van der Waals surface area contributed by atoms with Crippen molar-refractivity contribution in [1.29, 1.82) is 0 Å². The minimum Gasteiger partial charge on any atom is -0.385 e. The first kappa shape index (κ1) is 15.3. The molecular formula is C13H20ClNO2S. The molecule has 0 aliphatic heterocycles. The van der Waals surface area contributed by atoms with Gasteiger partial charge in [-0.1, -0.05) is 6.92 Å². The fourth-order valence-electron chi connectivity index (χ4n) is 1.56. The minimum absolute atomic E-state index is 0.132. The Hall–Kier alpha value is -0.740. The van der Waals surface area contributed by atoms with Crippen molar-refractivity contribution in [3.05, 3.63) is 24.3 Å². The van der Waals surface area contributed by atoms with Crippen LogP contribution < -0.4 is 5.32 Å². The van der Waals surface area contributed by atoms with Crippen molar-refractivity contribution < 1.29 is 8.42 Å². The van der Waals surface area contributed by atoms with Crippen molar-refractivity contribution in [2.75, 3.05) is 17.6 Å². The van der Waals surface area contributed by atoms with Crippen LogP contribution in [-0.4, -0.2) is 26.1 Å². The molecule has 0 saturated carbocycles. The van der Waals surface area contributed by atoms with Crippen molar-refractivity contribution in [2.45, 2.75) is 37.0 Å². The average Bonchev–Trinajstić information content (AvgIpc) is 2.35. The molecule has 3 nitrogen and oxygen atoms in total. The van der Waals surface area contributed by atoms with Gasteiger partial charge in [0, 0.05) is 17.6 Å². The molecule has 0 bridgehead atoms. The Balaban J connectivity index is 2.51. The fourth-order valence-corrected chi connectivity index (χ4v) is 2.60. The normalized spacial score (nSPS) is 13.3. The number of alkyl halides is 1. The quantitative estimate of drug-likeness (QED) is 0.619. The molecule has 0 aliphatic carbocycles. The van der Waals surface area contributed by atoms with Crippen LogP contribution in [0.3, 0.4) is 0 Å². The van der Waals surface area contributed by atoms with Gasteiger partial charge in [-0.2, -0.15) is 0 Å². The van der Waals surface area contributed by atoms with Gasteiger partial charge in [0.05, 0.1) is 10.6 Å². The Morgan fingerprint density at radius 3 is 2.39 bits per heavy atom. The molecule has 1 aromatic rings. The van der Waals surface area contributed by atoms with Gasteiger partial charge >= 0.3 is 0 Å². The molecule has 0 heterocycles. The zero-order chi connectivity index (χ0) is 13.6. The number of nitrogens with one attached hydrogen (secondary N) is 1. The van der Waals surface area contributed by atoms with Gasteiger partial charge in [-0.25, -0.2) is 8.42 Å². The number of hydrogen-bond acceptors (Lipinski definition) is 3. The number of sulfone groups is 1. The van der Waals surface area contributed by atoms with Crippen LogP contribution in [0.25, 0.3) is 0 Å². The van der Waals surface area contributed by atoms with E-state index in [1.54, 1.807) is 31.2 Å². The lowest BCUT2D eigenvalue weighted by atomic mass is 10.2. The summed E-state index contributed by atoms with van der Waals surface area (Å²) in [5, 5.41) is 3.44. The molecule has 1 aromatic carbocycles. The summed E-state index contributed by atoms with van der Waals surface area (Å²) in [6.07, 6.45) is 1.97. The van der Waals surface area contributed by atoms with Crippen molar-refractivity contribution >= 4 is 27.1 Å². The largest absolute Gasteiger partial charge is 0.385 e. The predicted octanol–water partition coefficient (Wildman–Crippen LogP) is 3.30. The summed E-state index contributed by atoms with van der Waals surface area (Å²) in [6, 6.07) is 6.88. The predicted molar refractivity (Wildman–Crippen MR) is 77.2 cm³/mol. The first-order valence-electron chi connectivity index (χ1n) is 6.16. The monoisotopic (exact) mass is 289 g/mol. The molecule has 5 heteroatoms. The summed E-state index contributed by atoms with van der Waals surface area (Å²) >= 11 is 5.85. The maximum Gasteiger partial charge on any atom is 0.178 e. The van der Waals surface area contributed by atoms with Crippen LogP contribution in [0.1, 0.15) is 26.7 Å². The Morgan fingerprint density at radius 2 is 1.89 bits per heavy atom. The molecule has 102 valence electrons.